The first-order valence-corrected chi connectivity index (χ1v) is 11.3. The van der Waals surface area contributed by atoms with Crippen LogP contribution in [0.15, 0.2) is 30.3 Å². The number of rotatable bonds is 5. The lowest BCUT2D eigenvalue weighted by atomic mass is 9.75. The third-order valence-corrected chi connectivity index (χ3v) is 7.10. The van der Waals surface area contributed by atoms with Crippen LogP contribution in [0.1, 0.15) is 19.8 Å². The number of thiocarbonyl (C=S) groups is 1. The molecule has 4 fully saturated rings. The molecule has 1 aromatic rings. The number of hydrogen-bond donors (Lipinski definition) is 2. The Balaban J connectivity index is 1.21. The lowest BCUT2D eigenvalue weighted by Gasteiger charge is -2.51. The van der Waals surface area contributed by atoms with E-state index in [0.29, 0.717) is 11.2 Å². The molecule has 158 valence electrons. The van der Waals surface area contributed by atoms with Crippen LogP contribution >= 0.6 is 12.2 Å². The lowest BCUT2D eigenvalue weighted by Crippen LogP contribution is -2.59. The third kappa shape index (κ3) is 5.27. The molecule has 4 aliphatic rings. The molecule has 0 spiro atoms. The molecule has 2 bridgehead atoms. The monoisotopic (exact) mass is 415 g/mol. The zero-order chi connectivity index (χ0) is 20.2. The van der Waals surface area contributed by atoms with Gasteiger partial charge in [-0.1, -0.05) is 18.2 Å². The molecule has 0 saturated carbocycles. The number of para-hydroxylation sites is 1. The van der Waals surface area contributed by atoms with E-state index < -0.39 is 0 Å². The molecule has 0 aromatic heterocycles. The van der Waals surface area contributed by atoms with Gasteiger partial charge in [0.1, 0.15) is 0 Å². The van der Waals surface area contributed by atoms with Gasteiger partial charge in [-0.05, 0) is 55.6 Å². The molecule has 4 unspecified atom stereocenters. The topological polar surface area (TPSA) is 50.9 Å². The molecule has 6 nitrogen and oxygen atoms in total. The molecule has 1 aromatic carbocycles. The molecule has 4 atom stereocenters. The van der Waals surface area contributed by atoms with Crippen LogP contribution in [0, 0.1) is 11.8 Å². The number of carbonyl (C=O) groups excluding carboxylic acids is 1. The summed E-state index contributed by atoms with van der Waals surface area (Å²) >= 11 is 5.47. The number of amides is 1. The van der Waals surface area contributed by atoms with Crippen molar-refractivity contribution >= 4 is 28.9 Å². The van der Waals surface area contributed by atoms with Gasteiger partial charge in [-0.15, -0.1) is 0 Å². The largest absolute Gasteiger partial charge is 0.361 e. The molecule has 7 heteroatoms. The normalized spacial score (nSPS) is 29.5. The maximum absolute atomic E-state index is 11.5. The van der Waals surface area contributed by atoms with E-state index in [0.717, 1.165) is 50.2 Å². The van der Waals surface area contributed by atoms with Gasteiger partial charge in [0.15, 0.2) is 5.11 Å². The van der Waals surface area contributed by atoms with Crippen LogP contribution in [0.5, 0.6) is 0 Å². The number of nitrogens with zero attached hydrogens (tertiary/aromatic N) is 3. The summed E-state index contributed by atoms with van der Waals surface area (Å²) in [7, 11) is 0. The van der Waals surface area contributed by atoms with Crippen LogP contribution in [0.2, 0.25) is 0 Å². The number of nitrogens with one attached hydrogen (secondary N) is 2. The zero-order valence-corrected chi connectivity index (χ0v) is 18.2. The Kier molecular flexibility index (Phi) is 6.67. The molecule has 1 amide bonds. The van der Waals surface area contributed by atoms with Gasteiger partial charge in [0, 0.05) is 64.5 Å². The SMILES string of the molecule is CC(=O)N1CCN(CC2CN3CCC2CC3CNC(=S)Nc2ccccc2)CC1. The minimum Gasteiger partial charge on any atom is -0.361 e. The van der Waals surface area contributed by atoms with Crippen molar-refractivity contribution in [1.29, 1.82) is 0 Å². The Morgan fingerprint density at radius 2 is 1.90 bits per heavy atom. The second-order valence-corrected chi connectivity index (χ2v) is 9.11. The quantitative estimate of drug-likeness (QED) is 0.716. The fourth-order valence-corrected chi connectivity index (χ4v) is 5.35. The summed E-state index contributed by atoms with van der Waals surface area (Å²) in [5.74, 6) is 1.79. The van der Waals surface area contributed by atoms with Crippen molar-refractivity contribution in [3.8, 4) is 0 Å². The Bertz CT molecular complexity index is 706. The molecule has 0 aliphatic carbocycles. The number of piperidine rings is 3. The number of carbonyl (C=O) groups is 1. The van der Waals surface area contributed by atoms with Crippen molar-refractivity contribution in [3.63, 3.8) is 0 Å². The average molecular weight is 416 g/mol. The van der Waals surface area contributed by atoms with Crippen molar-refractivity contribution in [2.75, 3.05) is 57.7 Å². The number of anilines is 1. The number of hydrogen-bond acceptors (Lipinski definition) is 4. The molecular formula is C22H33N5OS. The second kappa shape index (κ2) is 9.41. The van der Waals surface area contributed by atoms with Gasteiger partial charge in [0.05, 0.1) is 0 Å². The first-order chi connectivity index (χ1) is 14.1. The van der Waals surface area contributed by atoms with Crippen LogP contribution in [0.4, 0.5) is 5.69 Å². The fraction of sp³-hybridized carbons (Fsp3) is 0.636. The van der Waals surface area contributed by atoms with E-state index in [2.05, 4.69) is 20.4 Å². The first kappa shape index (κ1) is 20.6. The summed E-state index contributed by atoms with van der Waals surface area (Å²) in [6.07, 6.45) is 2.58. The van der Waals surface area contributed by atoms with Gasteiger partial charge < -0.3 is 15.5 Å². The Hall–Kier alpha value is -1.70. The number of benzene rings is 1. The van der Waals surface area contributed by atoms with Crippen molar-refractivity contribution < 1.29 is 4.79 Å². The molecule has 4 aliphatic heterocycles. The molecule has 4 saturated heterocycles. The highest BCUT2D eigenvalue weighted by Gasteiger charge is 2.40. The van der Waals surface area contributed by atoms with Crippen LogP contribution in [-0.4, -0.2) is 84.1 Å². The number of fused-ring (bicyclic) bond motifs is 3. The standard InChI is InChI=1S/C22H33N5OS/c1-17(28)26-11-9-25(10-12-26)15-19-16-27-8-7-18(19)13-21(27)14-23-22(29)24-20-5-3-2-4-6-20/h2-6,18-19,21H,7-16H2,1H3,(H2,23,24,29). The van der Waals surface area contributed by atoms with E-state index in [1.165, 1.54) is 32.5 Å². The van der Waals surface area contributed by atoms with Crippen molar-refractivity contribution in [2.24, 2.45) is 11.8 Å². The van der Waals surface area contributed by atoms with Gasteiger partial charge >= 0.3 is 0 Å². The van der Waals surface area contributed by atoms with Crippen LogP contribution in [0.25, 0.3) is 0 Å². The molecule has 4 heterocycles. The molecule has 2 N–H and O–H groups in total. The van der Waals surface area contributed by atoms with Crippen molar-refractivity contribution in [1.82, 2.24) is 20.0 Å². The van der Waals surface area contributed by atoms with E-state index in [-0.39, 0.29) is 5.91 Å². The van der Waals surface area contributed by atoms with E-state index in [9.17, 15) is 4.79 Å². The van der Waals surface area contributed by atoms with Gasteiger partial charge in [-0.3, -0.25) is 14.6 Å². The summed E-state index contributed by atoms with van der Waals surface area (Å²) in [6, 6.07) is 10.7. The summed E-state index contributed by atoms with van der Waals surface area (Å²) in [5.41, 5.74) is 1.03. The minimum atomic E-state index is 0.211. The van der Waals surface area contributed by atoms with E-state index >= 15 is 0 Å². The van der Waals surface area contributed by atoms with Crippen LogP contribution in [-0.2, 0) is 4.79 Å². The predicted octanol–water partition coefficient (Wildman–Crippen LogP) is 1.85. The zero-order valence-electron chi connectivity index (χ0n) is 17.3. The predicted molar refractivity (Wildman–Crippen MR) is 121 cm³/mol. The molecule has 5 rings (SSSR count). The van der Waals surface area contributed by atoms with E-state index in [1.54, 1.807) is 6.92 Å². The van der Waals surface area contributed by atoms with Crippen molar-refractivity contribution in [2.45, 2.75) is 25.8 Å². The molecule has 0 radical (unpaired) electrons. The fourth-order valence-electron chi connectivity index (χ4n) is 5.15. The van der Waals surface area contributed by atoms with E-state index in [1.807, 2.05) is 35.2 Å². The minimum absolute atomic E-state index is 0.211. The summed E-state index contributed by atoms with van der Waals surface area (Å²) in [4.78, 5) is 18.7. The average Bonchev–Trinajstić information content (AvgIpc) is 2.74. The van der Waals surface area contributed by atoms with E-state index in [4.69, 9.17) is 12.2 Å². The highest BCUT2D eigenvalue weighted by atomic mass is 32.1. The highest BCUT2D eigenvalue weighted by molar-refractivity contribution is 7.80. The highest BCUT2D eigenvalue weighted by Crippen LogP contribution is 2.36. The van der Waals surface area contributed by atoms with Crippen LogP contribution < -0.4 is 10.6 Å². The summed E-state index contributed by atoms with van der Waals surface area (Å²) < 4.78 is 0. The van der Waals surface area contributed by atoms with Crippen molar-refractivity contribution in [3.05, 3.63) is 30.3 Å². The molecular weight excluding hydrogens is 382 g/mol. The lowest BCUT2D eigenvalue weighted by molar-refractivity contribution is -0.130. The Labute approximate surface area is 179 Å². The third-order valence-electron chi connectivity index (χ3n) is 6.85. The summed E-state index contributed by atoms with van der Waals surface area (Å²) in [6.45, 7) is 10.00. The molecule has 29 heavy (non-hydrogen) atoms. The van der Waals surface area contributed by atoms with Gasteiger partial charge in [-0.25, -0.2) is 0 Å². The summed E-state index contributed by atoms with van der Waals surface area (Å²) in [5, 5.41) is 7.40. The maximum atomic E-state index is 11.5. The smallest absolute Gasteiger partial charge is 0.219 e. The Morgan fingerprint density at radius 3 is 2.55 bits per heavy atom. The van der Waals surface area contributed by atoms with Gasteiger partial charge in [-0.2, -0.15) is 0 Å². The Morgan fingerprint density at radius 1 is 1.14 bits per heavy atom. The second-order valence-electron chi connectivity index (χ2n) is 8.70. The first-order valence-electron chi connectivity index (χ1n) is 10.9. The van der Waals surface area contributed by atoms with Gasteiger partial charge in [0.2, 0.25) is 5.91 Å². The maximum Gasteiger partial charge on any atom is 0.219 e. The number of piperazine rings is 1. The van der Waals surface area contributed by atoms with Gasteiger partial charge in [0.25, 0.3) is 0 Å². The van der Waals surface area contributed by atoms with Crippen LogP contribution in [0.3, 0.4) is 0 Å².